The van der Waals surface area contributed by atoms with E-state index in [-0.39, 0.29) is 11.2 Å². The molecule has 1 aliphatic rings. The van der Waals surface area contributed by atoms with E-state index in [9.17, 15) is 0 Å². The molecule has 1 saturated heterocycles. The van der Waals surface area contributed by atoms with E-state index < -0.39 is 0 Å². The minimum Gasteiger partial charge on any atom is -0.494 e. The van der Waals surface area contributed by atoms with Crippen molar-refractivity contribution < 1.29 is 9.47 Å². The molecule has 112 valence electrons. The first-order chi connectivity index (χ1) is 9.21. The molecule has 4 nitrogen and oxygen atoms in total. The highest BCUT2D eigenvalue weighted by Crippen LogP contribution is 2.34. The number of nitrogens with zero attached hydrogens (tertiary/aromatic N) is 1. The standard InChI is InChI=1S/C16H26N2O2/c1-6-19-14-8-12(17)7-13(9-14)18-10-15(2,3)20-16(4,5)11-18/h7-9H,6,10-11,17H2,1-5H3. The highest BCUT2D eigenvalue weighted by molar-refractivity contribution is 5.61. The SMILES string of the molecule is CCOc1cc(N)cc(N2CC(C)(C)OC(C)(C)C2)c1. The van der Waals surface area contributed by atoms with Crippen molar-refractivity contribution in [3.05, 3.63) is 18.2 Å². The summed E-state index contributed by atoms with van der Waals surface area (Å²) in [7, 11) is 0. The lowest BCUT2D eigenvalue weighted by Crippen LogP contribution is -2.57. The Bertz CT molecular complexity index is 467. The number of ether oxygens (including phenoxy) is 2. The molecule has 0 unspecified atom stereocenters. The molecule has 0 aromatic heterocycles. The van der Waals surface area contributed by atoms with Gasteiger partial charge in [-0.25, -0.2) is 0 Å². The molecule has 0 atom stereocenters. The Morgan fingerprint density at radius 3 is 2.30 bits per heavy atom. The first kappa shape index (κ1) is 15.0. The third-order valence-electron chi connectivity index (χ3n) is 3.29. The highest BCUT2D eigenvalue weighted by Gasteiger charge is 2.38. The van der Waals surface area contributed by atoms with Gasteiger partial charge in [-0.2, -0.15) is 0 Å². The fraction of sp³-hybridized carbons (Fsp3) is 0.625. The summed E-state index contributed by atoms with van der Waals surface area (Å²) in [4.78, 5) is 2.32. The smallest absolute Gasteiger partial charge is 0.123 e. The second-order valence-corrected chi connectivity index (χ2v) is 6.67. The predicted octanol–water partition coefficient (Wildman–Crippen LogP) is 3.06. The van der Waals surface area contributed by atoms with Crippen LogP contribution >= 0.6 is 0 Å². The molecule has 2 rings (SSSR count). The van der Waals surface area contributed by atoms with Gasteiger partial charge in [0.25, 0.3) is 0 Å². The van der Waals surface area contributed by atoms with Gasteiger partial charge in [0.1, 0.15) is 5.75 Å². The Hall–Kier alpha value is -1.42. The second-order valence-electron chi connectivity index (χ2n) is 6.67. The van der Waals surface area contributed by atoms with Crippen molar-refractivity contribution in [3.8, 4) is 5.75 Å². The number of anilines is 2. The number of nitrogen functional groups attached to an aromatic ring is 1. The van der Waals surface area contributed by atoms with Crippen LogP contribution in [0.4, 0.5) is 11.4 Å². The third kappa shape index (κ3) is 3.57. The zero-order chi connectivity index (χ0) is 15.0. The van der Waals surface area contributed by atoms with Crippen molar-refractivity contribution in [2.75, 3.05) is 30.3 Å². The van der Waals surface area contributed by atoms with E-state index in [0.717, 1.165) is 30.2 Å². The van der Waals surface area contributed by atoms with Gasteiger partial charge in [-0.05, 0) is 40.7 Å². The number of morpholine rings is 1. The minimum absolute atomic E-state index is 0.182. The average Bonchev–Trinajstić information content (AvgIpc) is 2.24. The largest absolute Gasteiger partial charge is 0.494 e. The Morgan fingerprint density at radius 1 is 1.15 bits per heavy atom. The molecule has 1 aromatic carbocycles. The summed E-state index contributed by atoms with van der Waals surface area (Å²) in [6, 6.07) is 5.92. The molecule has 0 bridgehead atoms. The number of nitrogens with two attached hydrogens (primary N) is 1. The van der Waals surface area contributed by atoms with Gasteiger partial charge in [0.05, 0.1) is 17.8 Å². The first-order valence-electron chi connectivity index (χ1n) is 7.19. The molecule has 20 heavy (non-hydrogen) atoms. The topological polar surface area (TPSA) is 47.7 Å². The van der Waals surface area contributed by atoms with Crippen molar-refractivity contribution in [2.45, 2.75) is 45.8 Å². The van der Waals surface area contributed by atoms with Crippen LogP contribution in [0.3, 0.4) is 0 Å². The Labute approximate surface area is 121 Å². The van der Waals surface area contributed by atoms with Gasteiger partial charge in [-0.3, -0.25) is 0 Å². The second kappa shape index (κ2) is 5.17. The highest BCUT2D eigenvalue weighted by atomic mass is 16.5. The summed E-state index contributed by atoms with van der Waals surface area (Å²) in [5.41, 5.74) is 7.45. The molecule has 0 amide bonds. The Kier molecular flexibility index (Phi) is 3.87. The fourth-order valence-electron chi connectivity index (χ4n) is 3.01. The van der Waals surface area contributed by atoms with Crippen LogP contribution in [0.2, 0.25) is 0 Å². The summed E-state index contributed by atoms with van der Waals surface area (Å²) in [5, 5.41) is 0. The molecule has 0 aliphatic carbocycles. The molecular formula is C16H26N2O2. The fourth-order valence-corrected chi connectivity index (χ4v) is 3.01. The molecule has 1 heterocycles. The van der Waals surface area contributed by atoms with Crippen LogP contribution in [-0.4, -0.2) is 30.9 Å². The van der Waals surface area contributed by atoms with E-state index in [2.05, 4.69) is 38.7 Å². The number of hydrogen-bond donors (Lipinski definition) is 1. The maximum absolute atomic E-state index is 6.12. The van der Waals surface area contributed by atoms with Gasteiger partial charge >= 0.3 is 0 Å². The van der Waals surface area contributed by atoms with Crippen LogP contribution in [0.5, 0.6) is 5.75 Å². The van der Waals surface area contributed by atoms with Gasteiger partial charge in [0.15, 0.2) is 0 Å². The van der Waals surface area contributed by atoms with Crippen molar-refractivity contribution in [3.63, 3.8) is 0 Å². The summed E-state index contributed by atoms with van der Waals surface area (Å²) < 4.78 is 11.7. The van der Waals surface area contributed by atoms with Crippen LogP contribution in [0, 0.1) is 0 Å². The minimum atomic E-state index is -0.182. The van der Waals surface area contributed by atoms with Gasteiger partial charge < -0.3 is 20.1 Å². The Balaban J connectivity index is 2.30. The van der Waals surface area contributed by atoms with E-state index >= 15 is 0 Å². The first-order valence-corrected chi connectivity index (χ1v) is 7.19. The van der Waals surface area contributed by atoms with E-state index in [1.54, 1.807) is 0 Å². The molecular weight excluding hydrogens is 252 g/mol. The van der Waals surface area contributed by atoms with Crippen molar-refractivity contribution in [1.29, 1.82) is 0 Å². The monoisotopic (exact) mass is 278 g/mol. The molecule has 0 saturated carbocycles. The van der Waals surface area contributed by atoms with E-state index in [1.165, 1.54) is 0 Å². The number of rotatable bonds is 3. The van der Waals surface area contributed by atoms with Gasteiger partial charge in [0, 0.05) is 36.6 Å². The average molecular weight is 278 g/mol. The van der Waals surface area contributed by atoms with E-state index in [0.29, 0.717) is 6.61 Å². The third-order valence-corrected chi connectivity index (χ3v) is 3.29. The molecule has 1 aliphatic heterocycles. The van der Waals surface area contributed by atoms with Crippen LogP contribution in [0.15, 0.2) is 18.2 Å². The quantitative estimate of drug-likeness (QED) is 0.863. The van der Waals surface area contributed by atoms with Crippen molar-refractivity contribution >= 4 is 11.4 Å². The summed E-state index contributed by atoms with van der Waals surface area (Å²) >= 11 is 0. The van der Waals surface area contributed by atoms with E-state index in [4.69, 9.17) is 15.2 Å². The maximum Gasteiger partial charge on any atom is 0.123 e. The Morgan fingerprint density at radius 2 is 1.75 bits per heavy atom. The zero-order valence-electron chi connectivity index (χ0n) is 13.2. The lowest BCUT2D eigenvalue weighted by molar-refractivity contribution is -0.133. The van der Waals surface area contributed by atoms with Gasteiger partial charge in [-0.1, -0.05) is 0 Å². The summed E-state index contributed by atoms with van der Waals surface area (Å²) in [6.07, 6.45) is 0. The lowest BCUT2D eigenvalue weighted by Gasteiger charge is -2.48. The predicted molar refractivity (Wildman–Crippen MR) is 83.5 cm³/mol. The van der Waals surface area contributed by atoms with Crippen LogP contribution in [0.1, 0.15) is 34.6 Å². The van der Waals surface area contributed by atoms with Gasteiger partial charge in [-0.15, -0.1) is 0 Å². The molecule has 0 spiro atoms. The summed E-state index contributed by atoms with van der Waals surface area (Å²) in [6.45, 7) is 12.8. The molecule has 4 heteroatoms. The summed E-state index contributed by atoms with van der Waals surface area (Å²) in [5.74, 6) is 0.824. The molecule has 1 aromatic rings. The van der Waals surface area contributed by atoms with Gasteiger partial charge in [0.2, 0.25) is 0 Å². The van der Waals surface area contributed by atoms with Crippen LogP contribution in [-0.2, 0) is 4.74 Å². The zero-order valence-corrected chi connectivity index (χ0v) is 13.2. The van der Waals surface area contributed by atoms with Crippen molar-refractivity contribution in [2.24, 2.45) is 0 Å². The normalized spacial score (nSPS) is 20.8. The van der Waals surface area contributed by atoms with E-state index in [1.807, 2.05) is 19.1 Å². The number of benzene rings is 1. The number of hydrogen-bond acceptors (Lipinski definition) is 4. The van der Waals surface area contributed by atoms with Crippen LogP contribution < -0.4 is 15.4 Å². The molecule has 2 N–H and O–H groups in total. The van der Waals surface area contributed by atoms with Crippen LogP contribution in [0.25, 0.3) is 0 Å². The maximum atomic E-state index is 6.12. The van der Waals surface area contributed by atoms with Crippen molar-refractivity contribution in [1.82, 2.24) is 0 Å². The lowest BCUT2D eigenvalue weighted by atomic mass is 9.98. The molecule has 1 fully saturated rings. The molecule has 0 radical (unpaired) electrons.